The molecule has 0 atom stereocenters. The molecule has 0 aliphatic carbocycles. The average molecular weight is 712 g/mol. The van der Waals surface area contributed by atoms with Crippen molar-refractivity contribution in [1.29, 1.82) is 0 Å². The largest absolute Gasteiger partial charge is 2.00 e. The Morgan fingerprint density at radius 3 is 2.05 bits per heavy atom. The van der Waals surface area contributed by atoms with E-state index in [-0.39, 0.29) is 21.1 Å². The van der Waals surface area contributed by atoms with Crippen LogP contribution in [0.4, 0.5) is 0 Å². The van der Waals surface area contributed by atoms with Gasteiger partial charge in [-0.15, -0.1) is 41.5 Å². The molecule has 1 aliphatic rings. The van der Waals surface area contributed by atoms with Gasteiger partial charge in [-0.3, -0.25) is 4.98 Å². The molecular formula is C36H24N2O2Pt. The summed E-state index contributed by atoms with van der Waals surface area (Å²) >= 11 is 0. The number of aryl methyl sites for hydroxylation is 1. The summed E-state index contributed by atoms with van der Waals surface area (Å²) in [7, 11) is 0. The maximum absolute atomic E-state index is 6.38. The summed E-state index contributed by atoms with van der Waals surface area (Å²) in [6.45, 7) is 2.05. The van der Waals surface area contributed by atoms with Crippen molar-refractivity contribution in [2.24, 2.45) is 0 Å². The Kier molecular flexibility index (Phi) is 7.26. The Morgan fingerprint density at radius 1 is 0.659 bits per heavy atom. The van der Waals surface area contributed by atoms with Crippen LogP contribution in [0, 0.1) is 19.1 Å². The molecule has 5 heteroatoms. The van der Waals surface area contributed by atoms with Crippen molar-refractivity contribution in [3.8, 4) is 34.3 Å². The van der Waals surface area contributed by atoms with Crippen LogP contribution in [0.2, 0.25) is 0 Å². The first-order valence-corrected chi connectivity index (χ1v) is 13.2. The standard InChI is InChI=1S/C36H24N2O2.Pt/c1-25-19-21-37-32(22-25)26-10-8-12-28(23-26)39-29-13-9-11-27(24-29)36(35-18-6-7-20-38-35)30-14-2-4-16-33(30)40-34-17-5-3-15-31(34)36;/h2-22H,1H3;/q-2;+2. The summed E-state index contributed by atoms with van der Waals surface area (Å²) in [5.41, 5.74) is 5.89. The van der Waals surface area contributed by atoms with Crippen LogP contribution in [0.3, 0.4) is 0 Å². The van der Waals surface area contributed by atoms with Gasteiger partial charge in [0, 0.05) is 35.0 Å². The van der Waals surface area contributed by atoms with Crippen molar-refractivity contribution < 1.29 is 30.5 Å². The summed E-state index contributed by atoms with van der Waals surface area (Å²) < 4.78 is 12.7. The molecule has 4 nitrogen and oxygen atoms in total. The van der Waals surface area contributed by atoms with Crippen molar-refractivity contribution in [1.82, 2.24) is 9.97 Å². The summed E-state index contributed by atoms with van der Waals surface area (Å²) in [6.07, 6.45) is 3.64. The first-order valence-electron chi connectivity index (χ1n) is 13.2. The number of aromatic nitrogens is 2. The second-order valence-corrected chi connectivity index (χ2v) is 9.74. The van der Waals surface area contributed by atoms with Gasteiger partial charge in [0.05, 0.1) is 11.1 Å². The Hall–Kier alpha value is -4.53. The molecule has 41 heavy (non-hydrogen) atoms. The van der Waals surface area contributed by atoms with Crippen LogP contribution < -0.4 is 9.47 Å². The Labute approximate surface area is 253 Å². The molecule has 2 aromatic heterocycles. The molecule has 0 saturated carbocycles. The number of para-hydroxylation sites is 2. The van der Waals surface area contributed by atoms with Gasteiger partial charge >= 0.3 is 21.1 Å². The molecule has 0 bridgehead atoms. The number of nitrogens with zero attached hydrogens (tertiary/aromatic N) is 2. The zero-order chi connectivity index (χ0) is 26.9. The zero-order valence-electron chi connectivity index (χ0n) is 22.2. The van der Waals surface area contributed by atoms with E-state index in [9.17, 15) is 0 Å². The van der Waals surface area contributed by atoms with Crippen molar-refractivity contribution in [3.63, 3.8) is 0 Å². The van der Waals surface area contributed by atoms with E-state index in [0.29, 0.717) is 11.5 Å². The summed E-state index contributed by atoms with van der Waals surface area (Å²) in [5.74, 6) is 2.75. The first-order chi connectivity index (χ1) is 19.7. The van der Waals surface area contributed by atoms with Crippen molar-refractivity contribution in [2.75, 3.05) is 0 Å². The van der Waals surface area contributed by atoms with Gasteiger partial charge < -0.3 is 14.5 Å². The molecule has 0 unspecified atom stereocenters. The van der Waals surface area contributed by atoms with E-state index in [1.165, 1.54) is 0 Å². The molecule has 0 amide bonds. The number of benzene rings is 4. The number of pyridine rings is 2. The third-order valence-electron chi connectivity index (χ3n) is 7.20. The summed E-state index contributed by atoms with van der Waals surface area (Å²) in [4.78, 5) is 9.39. The predicted octanol–water partition coefficient (Wildman–Crippen LogP) is 8.33. The van der Waals surface area contributed by atoms with Crippen molar-refractivity contribution in [3.05, 3.63) is 168 Å². The molecule has 4 aromatic carbocycles. The van der Waals surface area contributed by atoms with Gasteiger partial charge in [0.15, 0.2) is 0 Å². The Bertz CT molecular complexity index is 1790. The predicted molar refractivity (Wildman–Crippen MR) is 155 cm³/mol. The normalized spacial score (nSPS) is 12.7. The van der Waals surface area contributed by atoms with E-state index >= 15 is 0 Å². The second-order valence-electron chi connectivity index (χ2n) is 9.74. The molecule has 0 spiro atoms. The second kappa shape index (κ2) is 11.2. The number of fused-ring (bicyclic) bond motifs is 2. The minimum absolute atomic E-state index is 0. The maximum atomic E-state index is 6.38. The molecular weight excluding hydrogens is 687 g/mol. The third-order valence-corrected chi connectivity index (χ3v) is 7.20. The van der Waals surface area contributed by atoms with E-state index in [1.54, 1.807) is 0 Å². The maximum Gasteiger partial charge on any atom is 2.00 e. The number of hydrogen-bond acceptors (Lipinski definition) is 4. The average Bonchev–Trinajstić information content (AvgIpc) is 3.00. The molecule has 0 radical (unpaired) electrons. The number of hydrogen-bond donors (Lipinski definition) is 0. The SMILES string of the molecule is Cc1ccnc(-c2[c-]c(Oc3[c-]c(C4(c5ccccn5)c5ccccc5Oc5ccccc54)ccc3)ccc2)c1.[Pt+2]. The number of rotatable bonds is 5. The smallest absolute Gasteiger partial charge is 0.503 e. The van der Waals surface area contributed by atoms with Gasteiger partial charge in [-0.05, 0) is 42.9 Å². The third kappa shape index (κ3) is 4.75. The molecule has 3 heterocycles. The van der Waals surface area contributed by atoms with Gasteiger partial charge in [0.1, 0.15) is 11.5 Å². The van der Waals surface area contributed by atoms with Crippen LogP contribution in [0.5, 0.6) is 23.0 Å². The molecule has 1 aliphatic heterocycles. The molecule has 6 aromatic rings. The molecule has 0 fully saturated rings. The minimum atomic E-state index is -0.761. The van der Waals surface area contributed by atoms with Crippen LogP contribution in [0.15, 0.2) is 128 Å². The molecule has 0 N–H and O–H groups in total. The first kappa shape index (κ1) is 26.7. The van der Waals surface area contributed by atoms with Crippen molar-refractivity contribution >= 4 is 0 Å². The van der Waals surface area contributed by atoms with Crippen LogP contribution >= 0.6 is 0 Å². The van der Waals surface area contributed by atoms with Crippen LogP contribution in [-0.2, 0) is 26.5 Å². The van der Waals surface area contributed by atoms with Crippen molar-refractivity contribution in [2.45, 2.75) is 12.3 Å². The topological polar surface area (TPSA) is 44.2 Å². The van der Waals surface area contributed by atoms with Crippen LogP contribution in [0.1, 0.15) is 27.9 Å². The summed E-state index contributed by atoms with van der Waals surface area (Å²) in [5, 5.41) is 0. The van der Waals surface area contributed by atoms with E-state index in [2.05, 4.69) is 48.3 Å². The quantitative estimate of drug-likeness (QED) is 0.169. The van der Waals surface area contributed by atoms with Crippen LogP contribution in [0.25, 0.3) is 11.3 Å². The molecule has 7 rings (SSSR count). The Morgan fingerprint density at radius 2 is 1.34 bits per heavy atom. The van der Waals surface area contributed by atoms with E-state index < -0.39 is 5.41 Å². The van der Waals surface area contributed by atoms with Gasteiger partial charge in [-0.1, -0.05) is 60.2 Å². The van der Waals surface area contributed by atoms with E-state index in [4.69, 9.17) is 14.5 Å². The van der Waals surface area contributed by atoms with Gasteiger partial charge in [0.2, 0.25) is 0 Å². The zero-order valence-corrected chi connectivity index (χ0v) is 24.4. The van der Waals surface area contributed by atoms with E-state index in [1.807, 2.05) is 103 Å². The van der Waals surface area contributed by atoms with E-state index in [0.717, 1.165) is 50.7 Å². The minimum Gasteiger partial charge on any atom is -0.503 e. The fourth-order valence-electron chi connectivity index (χ4n) is 5.47. The fourth-order valence-corrected chi connectivity index (χ4v) is 5.47. The van der Waals surface area contributed by atoms with Crippen LogP contribution in [-0.4, -0.2) is 9.97 Å². The molecule has 200 valence electrons. The van der Waals surface area contributed by atoms with Gasteiger partial charge in [-0.25, -0.2) is 0 Å². The fraction of sp³-hybridized carbons (Fsp3) is 0.0556. The van der Waals surface area contributed by atoms with Gasteiger partial charge in [0.25, 0.3) is 0 Å². The number of ether oxygens (including phenoxy) is 2. The Balaban J connectivity index is 0.00000302. The molecule has 0 saturated heterocycles. The summed E-state index contributed by atoms with van der Waals surface area (Å²) in [6, 6.07) is 45.1. The monoisotopic (exact) mass is 711 g/mol. The van der Waals surface area contributed by atoms with Gasteiger partial charge in [-0.2, -0.15) is 12.1 Å².